The second-order valence-corrected chi connectivity index (χ2v) is 5.45. The zero-order valence-electron chi connectivity index (χ0n) is 11.7. The van der Waals surface area contributed by atoms with Crippen LogP contribution in [0, 0.1) is 27.4 Å². The minimum atomic E-state index is -0.467. The number of non-ortho nitro benzene ring substituents is 1. The first-order valence-electron chi connectivity index (χ1n) is 7.01. The van der Waals surface area contributed by atoms with E-state index in [0.29, 0.717) is 11.5 Å². The van der Waals surface area contributed by atoms with Crippen LogP contribution in [0.2, 0.25) is 0 Å². The van der Waals surface area contributed by atoms with Crippen LogP contribution in [-0.4, -0.2) is 18.5 Å². The van der Waals surface area contributed by atoms with Crippen LogP contribution in [0.5, 0.6) is 0 Å². The third-order valence-electron chi connectivity index (χ3n) is 3.98. The van der Waals surface area contributed by atoms with Crippen LogP contribution in [0.25, 0.3) is 0 Å². The number of anilines is 1. The molecule has 2 rings (SSSR count). The molecule has 5 heteroatoms. The molecule has 0 bridgehead atoms. The lowest BCUT2D eigenvalue weighted by atomic mass is 9.89. The van der Waals surface area contributed by atoms with Gasteiger partial charge in [0.2, 0.25) is 0 Å². The van der Waals surface area contributed by atoms with Crippen molar-refractivity contribution in [3.05, 3.63) is 33.9 Å². The van der Waals surface area contributed by atoms with Gasteiger partial charge >= 0.3 is 0 Å². The SMILES string of the molecule is CN(CC1CCCCC1)c1ccc([N+](=O)[O-])cc1C#N. The highest BCUT2D eigenvalue weighted by Crippen LogP contribution is 2.28. The summed E-state index contributed by atoms with van der Waals surface area (Å²) in [7, 11) is 1.95. The average molecular weight is 273 g/mol. The highest BCUT2D eigenvalue weighted by atomic mass is 16.6. The fourth-order valence-electron chi connectivity index (χ4n) is 2.92. The number of nitriles is 1. The van der Waals surface area contributed by atoms with Crippen molar-refractivity contribution in [1.82, 2.24) is 0 Å². The zero-order valence-corrected chi connectivity index (χ0v) is 11.7. The van der Waals surface area contributed by atoms with Crippen molar-refractivity contribution in [3.63, 3.8) is 0 Å². The lowest BCUT2D eigenvalue weighted by Gasteiger charge is -2.28. The summed E-state index contributed by atoms with van der Waals surface area (Å²) in [6.45, 7) is 0.909. The summed E-state index contributed by atoms with van der Waals surface area (Å²) >= 11 is 0. The normalized spacial score (nSPS) is 15.6. The summed E-state index contributed by atoms with van der Waals surface area (Å²) in [5, 5.41) is 19.9. The lowest BCUT2D eigenvalue weighted by molar-refractivity contribution is -0.384. The van der Waals surface area contributed by atoms with E-state index < -0.39 is 4.92 Å². The van der Waals surface area contributed by atoms with Gasteiger partial charge in [0.25, 0.3) is 5.69 Å². The van der Waals surface area contributed by atoms with Crippen LogP contribution in [-0.2, 0) is 0 Å². The molecule has 0 N–H and O–H groups in total. The van der Waals surface area contributed by atoms with Gasteiger partial charge in [-0.2, -0.15) is 5.26 Å². The van der Waals surface area contributed by atoms with Gasteiger partial charge in [0, 0.05) is 25.7 Å². The smallest absolute Gasteiger partial charge is 0.270 e. The number of nitrogens with zero attached hydrogens (tertiary/aromatic N) is 3. The maximum absolute atomic E-state index is 10.7. The Morgan fingerprint density at radius 1 is 1.40 bits per heavy atom. The zero-order chi connectivity index (χ0) is 14.5. The predicted molar refractivity (Wildman–Crippen MR) is 77.7 cm³/mol. The van der Waals surface area contributed by atoms with Gasteiger partial charge in [-0.1, -0.05) is 19.3 Å². The summed E-state index contributed by atoms with van der Waals surface area (Å²) in [5.74, 6) is 0.662. The summed E-state index contributed by atoms with van der Waals surface area (Å²) in [5.41, 5.74) is 1.12. The van der Waals surface area contributed by atoms with Gasteiger partial charge in [0.1, 0.15) is 6.07 Å². The number of rotatable bonds is 4. The Morgan fingerprint density at radius 3 is 2.70 bits per heavy atom. The van der Waals surface area contributed by atoms with Crippen LogP contribution in [0.3, 0.4) is 0 Å². The van der Waals surface area contributed by atoms with Gasteiger partial charge in [0.15, 0.2) is 0 Å². The largest absolute Gasteiger partial charge is 0.373 e. The predicted octanol–water partition coefficient (Wildman–Crippen LogP) is 3.48. The van der Waals surface area contributed by atoms with E-state index in [0.717, 1.165) is 12.2 Å². The molecule has 5 nitrogen and oxygen atoms in total. The first-order valence-corrected chi connectivity index (χ1v) is 7.01. The Labute approximate surface area is 119 Å². The van der Waals surface area contributed by atoms with E-state index in [2.05, 4.69) is 11.0 Å². The topological polar surface area (TPSA) is 70.2 Å². The van der Waals surface area contributed by atoms with Gasteiger partial charge < -0.3 is 4.90 Å². The monoisotopic (exact) mass is 273 g/mol. The molecule has 1 aromatic carbocycles. The van der Waals surface area contributed by atoms with E-state index in [1.54, 1.807) is 6.07 Å². The highest BCUT2D eigenvalue weighted by Gasteiger charge is 2.18. The molecule has 1 aliphatic carbocycles. The minimum Gasteiger partial charge on any atom is -0.373 e. The highest BCUT2D eigenvalue weighted by molar-refractivity contribution is 5.62. The summed E-state index contributed by atoms with van der Waals surface area (Å²) < 4.78 is 0. The molecule has 0 radical (unpaired) electrons. The summed E-state index contributed by atoms with van der Waals surface area (Å²) in [4.78, 5) is 12.3. The maximum atomic E-state index is 10.7. The van der Waals surface area contributed by atoms with Gasteiger partial charge in [-0.15, -0.1) is 0 Å². The summed E-state index contributed by atoms with van der Waals surface area (Å²) in [6.07, 6.45) is 6.35. The van der Waals surface area contributed by atoms with E-state index in [4.69, 9.17) is 0 Å². The number of hydrogen-bond acceptors (Lipinski definition) is 4. The molecule has 0 unspecified atom stereocenters. The van der Waals surface area contributed by atoms with Crippen LogP contribution in [0.1, 0.15) is 37.7 Å². The fraction of sp³-hybridized carbons (Fsp3) is 0.533. The molecule has 1 fully saturated rings. The number of nitro groups is 1. The molecule has 1 aromatic rings. The van der Waals surface area contributed by atoms with Crippen molar-refractivity contribution in [3.8, 4) is 6.07 Å². The molecular weight excluding hydrogens is 254 g/mol. The van der Waals surface area contributed by atoms with Crippen molar-refractivity contribution < 1.29 is 4.92 Å². The minimum absolute atomic E-state index is 0.0311. The van der Waals surface area contributed by atoms with Crippen LogP contribution in [0.15, 0.2) is 18.2 Å². The number of nitro benzene ring substituents is 1. The van der Waals surface area contributed by atoms with Crippen molar-refractivity contribution in [1.29, 1.82) is 5.26 Å². The van der Waals surface area contributed by atoms with Gasteiger partial charge in [-0.05, 0) is 24.8 Å². The van der Waals surface area contributed by atoms with Gasteiger partial charge in [-0.3, -0.25) is 10.1 Å². The standard InChI is InChI=1S/C15H19N3O2/c1-17(11-12-5-3-2-4-6-12)15-8-7-14(18(19)20)9-13(15)10-16/h7-9,12H,2-6,11H2,1H3. The Kier molecular flexibility index (Phi) is 4.57. The molecular formula is C15H19N3O2. The molecule has 20 heavy (non-hydrogen) atoms. The Morgan fingerprint density at radius 2 is 2.10 bits per heavy atom. The third-order valence-corrected chi connectivity index (χ3v) is 3.98. The molecule has 0 saturated heterocycles. The van der Waals surface area contributed by atoms with Crippen molar-refractivity contribution in [2.24, 2.45) is 5.92 Å². The van der Waals surface area contributed by atoms with Gasteiger partial charge in [-0.25, -0.2) is 0 Å². The molecule has 1 saturated carbocycles. The molecule has 0 aromatic heterocycles. The van der Waals surface area contributed by atoms with Crippen molar-refractivity contribution >= 4 is 11.4 Å². The fourth-order valence-corrected chi connectivity index (χ4v) is 2.92. The number of benzene rings is 1. The molecule has 0 atom stereocenters. The molecule has 106 valence electrons. The Hall–Kier alpha value is -2.09. The molecule has 1 aliphatic rings. The molecule has 0 heterocycles. The quantitative estimate of drug-likeness (QED) is 0.622. The van der Waals surface area contributed by atoms with Crippen molar-refractivity contribution in [2.45, 2.75) is 32.1 Å². The van der Waals surface area contributed by atoms with Gasteiger partial charge in [0.05, 0.1) is 16.2 Å². The van der Waals surface area contributed by atoms with E-state index in [1.807, 2.05) is 7.05 Å². The van der Waals surface area contributed by atoms with E-state index in [1.165, 1.54) is 44.2 Å². The van der Waals surface area contributed by atoms with E-state index >= 15 is 0 Å². The first-order chi connectivity index (χ1) is 9.61. The maximum Gasteiger partial charge on any atom is 0.270 e. The summed E-state index contributed by atoms with van der Waals surface area (Å²) in [6, 6.07) is 6.56. The Balaban J connectivity index is 2.14. The average Bonchev–Trinajstić information content (AvgIpc) is 2.47. The number of hydrogen-bond donors (Lipinski definition) is 0. The molecule has 0 spiro atoms. The van der Waals surface area contributed by atoms with Crippen LogP contribution >= 0.6 is 0 Å². The van der Waals surface area contributed by atoms with E-state index in [9.17, 15) is 15.4 Å². The lowest BCUT2D eigenvalue weighted by Crippen LogP contribution is -2.27. The van der Waals surface area contributed by atoms with Crippen LogP contribution in [0.4, 0.5) is 11.4 Å². The Bertz CT molecular complexity index is 530. The second kappa shape index (κ2) is 6.38. The van der Waals surface area contributed by atoms with Crippen molar-refractivity contribution in [2.75, 3.05) is 18.5 Å². The first kappa shape index (κ1) is 14.3. The molecule has 0 aliphatic heterocycles. The third kappa shape index (κ3) is 3.27. The van der Waals surface area contributed by atoms with Crippen LogP contribution < -0.4 is 4.90 Å². The van der Waals surface area contributed by atoms with E-state index in [-0.39, 0.29) is 5.69 Å². The second-order valence-electron chi connectivity index (χ2n) is 5.45. The molecule has 0 amide bonds.